The Balaban J connectivity index is 1.69. The number of hydrogen-bond acceptors (Lipinski definition) is 4. The first-order valence-corrected chi connectivity index (χ1v) is 8.18. The molecule has 2 aromatic rings. The summed E-state index contributed by atoms with van der Waals surface area (Å²) in [5, 5.41) is 2.92. The van der Waals surface area contributed by atoms with Crippen molar-refractivity contribution in [3.8, 4) is 0 Å². The van der Waals surface area contributed by atoms with Crippen LogP contribution < -0.4 is 10.2 Å². The predicted molar refractivity (Wildman–Crippen MR) is 93.5 cm³/mol. The summed E-state index contributed by atoms with van der Waals surface area (Å²) in [6, 6.07) is 11.4. The molecular formula is C17H17BrN2O3. The van der Waals surface area contributed by atoms with Gasteiger partial charge in [-0.05, 0) is 46.3 Å². The van der Waals surface area contributed by atoms with Crippen LogP contribution in [0.3, 0.4) is 0 Å². The highest BCUT2D eigenvalue weighted by Crippen LogP contribution is 2.26. The number of nitrogens with zero attached hydrogens (tertiary/aromatic N) is 1. The first-order chi connectivity index (χ1) is 11.2. The van der Waals surface area contributed by atoms with E-state index in [4.69, 9.17) is 9.15 Å². The molecule has 0 saturated carbocycles. The van der Waals surface area contributed by atoms with Gasteiger partial charge >= 0.3 is 0 Å². The van der Waals surface area contributed by atoms with Crippen LogP contribution in [0.15, 0.2) is 51.6 Å². The lowest BCUT2D eigenvalue weighted by Gasteiger charge is -2.30. The van der Waals surface area contributed by atoms with Gasteiger partial charge in [-0.1, -0.05) is 12.1 Å². The third-order valence-electron chi connectivity index (χ3n) is 3.51. The molecule has 0 aliphatic carbocycles. The topological polar surface area (TPSA) is 54.7 Å². The molecule has 0 bridgehead atoms. The standard InChI is InChI=1S/C17H17BrN2O3/c18-16-7-5-13(23-16)6-8-17(21)19-14-3-1-2-4-15(14)20-9-11-22-12-10-20/h1-8H,9-12H2,(H,19,21)/b8-6+. The summed E-state index contributed by atoms with van der Waals surface area (Å²) >= 11 is 3.23. The normalized spacial score (nSPS) is 15.1. The Morgan fingerprint density at radius 1 is 1.17 bits per heavy atom. The van der Waals surface area contributed by atoms with E-state index in [1.165, 1.54) is 6.08 Å². The van der Waals surface area contributed by atoms with Crippen molar-refractivity contribution in [3.63, 3.8) is 0 Å². The monoisotopic (exact) mass is 376 g/mol. The fourth-order valence-electron chi connectivity index (χ4n) is 2.41. The Morgan fingerprint density at radius 3 is 2.70 bits per heavy atom. The number of para-hydroxylation sites is 2. The molecule has 1 aliphatic rings. The Morgan fingerprint density at radius 2 is 1.96 bits per heavy atom. The smallest absolute Gasteiger partial charge is 0.248 e. The highest BCUT2D eigenvalue weighted by atomic mass is 79.9. The zero-order chi connectivity index (χ0) is 16.1. The summed E-state index contributed by atoms with van der Waals surface area (Å²) < 4.78 is 11.3. The van der Waals surface area contributed by atoms with Gasteiger partial charge in [0.25, 0.3) is 0 Å². The van der Waals surface area contributed by atoms with Crippen molar-refractivity contribution in [2.45, 2.75) is 0 Å². The van der Waals surface area contributed by atoms with E-state index in [9.17, 15) is 4.79 Å². The largest absolute Gasteiger partial charge is 0.450 e. The van der Waals surface area contributed by atoms with Crippen LogP contribution in [-0.4, -0.2) is 32.2 Å². The lowest BCUT2D eigenvalue weighted by atomic mass is 10.2. The van der Waals surface area contributed by atoms with Crippen LogP contribution in [0.25, 0.3) is 6.08 Å². The number of halogens is 1. The van der Waals surface area contributed by atoms with Gasteiger partial charge < -0.3 is 19.4 Å². The van der Waals surface area contributed by atoms with Gasteiger partial charge in [-0.3, -0.25) is 4.79 Å². The summed E-state index contributed by atoms with van der Waals surface area (Å²) in [5.41, 5.74) is 1.81. The molecule has 2 heterocycles. The molecule has 1 aliphatic heterocycles. The minimum absolute atomic E-state index is 0.196. The average molecular weight is 377 g/mol. The fourth-order valence-corrected chi connectivity index (χ4v) is 2.73. The number of nitrogens with one attached hydrogen (secondary N) is 1. The number of furan rings is 1. The Hall–Kier alpha value is -2.05. The molecule has 1 fully saturated rings. The maximum absolute atomic E-state index is 12.1. The van der Waals surface area contributed by atoms with Gasteiger partial charge in [0.05, 0.1) is 24.6 Å². The molecule has 0 radical (unpaired) electrons. The highest BCUT2D eigenvalue weighted by Gasteiger charge is 2.15. The van der Waals surface area contributed by atoms with Crippen molar-refractivity contribution in [2.24, 2.45) is 0 Å². The van der Waals surface area contributed by atoms with E-state index < -0.39 is 0 Å². The number of rotatable bonds is 4. The van der Waals surface area contributed by atoms with E-state index in [1.807, 2.05) is 24.3 Å². The van der Waals surface area contributed by atoms with Crippen molar-refractivity contribution >= 4 is 39.3 Å². The maximum Gasteiger partial charge on any atom is 0.248 e. The highest BCUT2D eigenvalue weighted by molar-refractivity contribution is 9.10. The second-order valence-electron chi connectivity index (χ2n) is 5.08. The maximum atomic E-state index is 12.1. The molecule has 23 heavy (non-hydrogen) atoms. The molecule has 5 nitrogen and oxygen atoms in total. The van der Waals surface area contributed by atoms with Gasteiger partial charge in [0.15, 0.2) is 4.67 Å². The van der Waals surface area contributed by atoms with Gasteiger partial charge in [0.2, 0.25) is 5.91 Å². The van der Waals surface area contributed by atoms with Crippen molar-refractivity contribution < 1.29 is 13.9 Å². The molecule has 3 rings (SSSR count). The molecule has 0 unspecified atom stereocenters. The van der Waals surface area contributed by atoms with Crippen molar-refractivity contribution in [2.75, 3.05) is 36.5 Å². The van der Waals surface area contributed by atoms with E-state index in [0.29, 0.717) is 23.6 Å². The molecule has 0 atom stereocenters. The zero-order valence-corrected chi connectivity index (χ0v) is 14.1. The number of anilines is 2. The first kappa shape index (κ1) is 15.8. The quantitative estimate of drug-likeness (QED) is 0.829. The number of morpholine rings is 1. The van der Waals surface area contributed by atoms with Crippen LogP contribution in [0.1, 0.15) is 5.76 Å². The third kappa shape index (κ3) is 4.24. The van der Waals surface area contributed by atoms with Crippen LogP contribution >= 0.6 is 15.9 Å². The van der Waals surface area contributed by atoms with E-state index >= 15 is 0 Å². The molecule has 1 aromatic carbocycles. The van der Waals surface area contributed by atoms with Crippen LogP contribution in [0.4, 0.5) is 11.4 Å². The van der Waals surface area contributed by atoms with E-state index in [2.05, 4.69) is 26.1 Å². The summed E-state index contributed by atoms with van der Waals surface area (Å²) in [5.74, 6) is 0.423. The van der Waals surface area contributed by atoms with Crippen molar-refractivity contribution in [1.29, 1.82) is 0 Å². The zero-order valence-electron chi connectivity index (χ0n) is 12.5. The number of hydrogen-bond donors (Lipinski definition) is 1. The van der Waals surface area contributed by atoms with Gasteiger partial charge in [-0.25, -0.2) is 0 Å². The number of ether oxygens (including phenoxy) is 1. The minimum atomic E-state index is -0.196. The van der Waals surface area contributed by atoms with Crippen LogP contribution in [0, 0.1) is 0 Å². The first-order valence-electron chi connectivity index (χ1n) is 7.38. The number of carbonyl (C=O) groups is 1. The van der Waals surface area contributed by atoms with Crippen molar-refractivity contribution in [3.05, 3.63) is 52.9 Å². The SMILES string of the molecule is O=C(/C=C/c1ccc(Br)o1)Nc1ccccc1N1CCOCC1. The van der Waals surface area contributed by atoms with Gasteiger partial charge in [0.1, 0.15) is 5.76 Å². The molecule has 1 N–H and O–H groups in total. The molecule has 1 saturated heterocycles. The van der Waals surface area contributed by atoms with Crippen LogP contribution in [-0.2, 0) is 9.53 Å². The van der Waals surface area contributed by atoms with Crippen molar-refractivity contribution in [1.82, 2.24) is 0 Å². The fraction of sp³-hybridized carbons (Fsp3) is 0.235. The average Bonchev–Trinajstić information content (AvgIpc) is 3.00. The lowest BCUT2D eigenvalue weighted by molar-refractivity contribution is -0.111. The predicted octanol–water partition coefficient (Wildman–Crippen LogP) is 3.53. The second kappa shape index (κ2) is 7.48. The molecule has 1 amide bonds. The number of carbonyl (C=O) groups excluding carboxylic acids is 1. The Kier molecular flexibility index (Phi) is 5.15. The Labute approximate surface area is 143 Å². The van der Waals surface area contributed by atoms with Gasteiger partial charge in [-0.2, -0.15) is 0 Å². The van der Waals surface area contributed by atoms with Crippen LogP contribution in [0.5, 0.6) is 0 Å². The van der Waals surface area contributed by atoms with Gasteiger partial charge in [0, 0.05) is 19.2 Å². The Bertz CT molecular complexity index is 705. The molecular weight excluding hydrogens is 360 g/mol. The third-order valence-corrected chi connectivity index (χ3v) is 3.93. The minimum Gasteiger partial charge on any atom is -0.450 e. The number of benzene rings is 1. The van der Waals surface area contributed by atoms with E-state index in [1.54, 1.807) is 18.2 Å². The summed E-state index contributed by atoms with van der Waals surface area (Å²) in [6.07, 6.45) is 3.10. The molecule has 1 aromatic heterocycles. The summed E-state index contributed by atoms with van der Waals surface area (Å²) in [6.45, 7) is 3.05. The van der Waals surface area contributed by atoms with E-state index in [-0.39, 0.29) is 5.91 Å². The second-order valence-corrected chi connectivity index (χ2v) is 5.86. The van der Waals surface area contributed by atoms with Gasteiger partial charge in [-0.15, -0.1) is 0 Å². The number of amides is 1. The van der Waals surface area contributed by atoms with Crippen LogP contribution in [0.2, 0.25) is 0 Å². The molecule has 6 heteroatoms. The molecule has 120 valence electrons. The van der Waals surface area contributed by atoms with E-state index in [0.717, 1.165) is 24.5 Å². The summed E-state index contributed by atoms with van der Waals surface area (Å²) in [7, 11) is 0. The summed E-state index contributed by atoms with van der Waals surface area (Å²) in [4.78, 5) is 14.3. The molecule has 0 spiro atoms. The lowest BCUT2D eigenvalue weighted by Crippen LogP contribution is -2.36.